The van der Waals surface area contributed by atoms with Crippen LogP contribution in [0.2, 0.25) is 0 Å². The van der Waals surface area contributed by atoms with Gasteiger partial charge in [-0.3, -0.25) is 14.4 Å². The van der Waals surface area contributed by atoms with Crippen molar-refractivity contribution in [1.29, 1.82) is 0 Å². The number of ether oxygens (including phenoxy) is 1. The second kappa shape index (κ2) is 8.90. The Balaban J connectivity index is 1.66. The van der Waals surface area contributed by atoms with Crippen LogP contribution >= 0.6 is 0 Å². The predicted octanol–water partition coefficient (Wildman–Crippen LogP) is 3.72. The SMILES string of the molecule is CC(=O)Nc1cccc(OC(=O)C2CCCN(C(=O)c3cc(C)cc(C)c3)C2)c1. The van der Waals surface area contributed by atoms with Gasteiger partial charge >= 0.3 is 5.97 Å². The largest absolute Gasteiger partial charge is 0.426 e. The van der Waals surface area contributed by atoms with E-state index in [2.05, 4.69) is 5.32 Å². The second-order valence-electron chi connectivity index (χ2n) is 7.60. The third kappa shape index (κ3) is 5.44. The zero-order valence-corrected chi connectivity index (χ0v) is 17.0. The summed E-state index contributed by atoms with van der Waals surface area (Å²) >= 11 is 0. The number of nitrogens with zero attached hydrogens (tertiary/aromatic N) is 1. The zero-order valence-electron chi connectivity index (χ0n) is 17.0. The van der Waals surface area contributed by atoms with Crippen molar-refractivity contribution in [2.45, 2.75) is 33.6 Å². The first kappa shape index (κ1) is 20.6. The molecule has 6 nitrogen and oxygen atoms in total. The van der Waals surface area contributed by atoms with Gasteiger partial charge in [-0.1, -0.05) is 23.3 Å². The highest BCUT2D eigenvalue weighted by Gasteiger charge is 2.30. The minimum Gasteiger partial charge on any atom is -0.426 e. The van der Waals surface area contributed by atoms with Gasteiger partial charge < -0.3 is 15.0 Å². The fraction of sp³-hybridized carbons (Fsp3) is 0.348. The lowest BCUT2D eigenvalue weighted by Gasteiger charge is -2.31. The summed E-state index contributed by atoms with van der Waals surface area (Å²) in [4.78, 5) is 38.5. The fourth-order valence-electron chi connectivity index (χ4n) is 3.67. The van der Waals surface area contributed by atoms with E-state index in [0.717, 1.165) is 17.5 Å². The first-order valence-electron chi connectivity index (χ1n) is 9.79. The topological polar surface area (TPSA) is 75.7 Å². The third-order valence-corrected chi connectivity index (χ3v) is 4.88. The molecule has 0 aliphatic carbocycles. The van der Waals surface area contributed by atoms with Gasteiger partial charge in [-0.25, -0.2) is 0 Å². The number of hydrogen-bond acceptors (Lipinski definition) is 4. The molecular formula is C23H26N2O4. The Morgan fingerprint density at radius 3 is 2.48 bits per heavy atom. The Hall–Kier alpha value is -3.15. The van der Waals surface area contributed by atoms with Crippen molar-refractivity contribution in [3.05, 3.63) is 59.2 Å². The fourth-order valence-corrected chi connectivity index (χ4v) is 3.67. The molecule has 2 amide bonds. The summed E-state index contributed by atoms with van der Waals surface area (Å²) in [6, 6.07) is 12.5. The Morgan fingerprint density at radius 1 is 1.07 bits per heavy atom. The minimum atomic E-state index is -0.372. The van der Waals surface area contributed by atoms with Gasteiger partial charge in [0.15, 0.2) is 0 Å². The number of anilines is 1. The number of benzene rings is 2. The number of rotatable bonds is 4. The van der Waals surface area contributed by atoms with Crippen LogP contribution in [-0.2, 0) is 9.59 Å². The van der Waals surface area contributed by atoms with Crippen LogP contribution in [0.5, 0.6) is 5.75 Å². The number of piperidine rings is 1. The van der Waals surface area contributed by atoms with E-state index in [9.17, 15) is 14.4 Å². The molecule has 0 radical (unpaired) electrons. The third-order valence-electron chi connectivity index (χ3n) is 4.88. The summed E-state index contributed by atoms with van der Waals surface area (Å²) < 4.78 is 5.52. The molecule has 6 heteroatoms. The molecular weight excluding hydrogens is 368 g/mol. The highest BCUT2D eigenvalue weighted by Crippen LogP contribution is 2.23. The van der Waals surface area contributed by atoms with E-state index >= 15 is 0 Å². The normalized spacial score (nSPS) is 16.2. The summed E-state index contributed by atoms with van der Waals surface area (Å²) in [5.41, 5.74) is 3.30. The molecule has 1 aliphatic heterocycles. The van der Waals surface area contributed by atoms with Gasteiger partial charge in [0.05, 0.1) is 5.92 Å². The number of carbonyl (C=O) groups is 3. The molecule has 1 heterocycles. The summed E-state index contributed by atoms with van der Waals surface area (Å²) in [6.07, 6.45) is 1.43. The van der Waals surface area contributed by atoms with Gasteiger partial charge in [0.1, 0.15) is 5.75 Å². The van der Waals surface area contributed by atoms with Crippen LogP contribution < -0.4 is 10.1 Å². The van der Waals surface area contributed by atoms with E-state index in [-0.39, 0.29) is 23.7 Å². The Labute approximate surface area is 170 Å². The molecule has 0 saturated carbocycles. The van der Waals surface area contributed by atoms with Gasteiger partial charge in [-0.05, 0) is 51.0 Å². The molecule has 0 spiro atoms. The molecule has 29 heavy (non-hydrogen) atoms. The average molecular weight is 394 g/mol. The van der Waals surface area contributed by atoms with E-state index in [0.29, 0.717) is 36.5 Å². The predicted molar refractivity (Wildman–Crippen MR) is 111 cm³/mol. The maximum atomic E-state index is 12.9. The van der Waals surface area contributed by atoms with Crippen molar-refractivity contribution in [2.75, 3.05) is 18.4 Å². The van der Waals surface area contributed by atoms with Crippen molar-refractivity contribution in [2.24, 2.45) is 5.92 Å². The Kier molecular flexibility index (Phi) is 6.32. The number of esters is 1. The van der Waals surface area contributed by atoms with Gasteiger partial charge in [0.2, 0.25) is 5.91 Å². The van der Waals surface area contributed by atoms with Crippen LogP contribution in [0.1, 0.15) is 41.3 Å². The van der Waals surface area contributed by atoms with Crippen LogP contribution in [0.15, 0.2) is 42.5 Å². The molecule has 1 N–H and O–H groups in total. The van der Waals surface area contributed by atoms with E-state index < -0.39 is 0 Å². The van der Waals surface area contributed by atoms with Gasteiger partial charge in [0, 0.05) is 37.3 Å². The van der Waals surface area contributed by atoms with Gasteiger partial charge in [-0.15, -0.1) is 0 Å². The number of hydrogen-bond donors (Lipinski definition) is 1. The highest BCUT2D eigenvalue weighted by atomic mass is 16.5. The Bertz CT molecular complexity index is 918. The molecule has 152 valence electrons. The maximum absolute atomic E-state index is 12.9. The van der Waals surface area contributed by atoms with Crippen LogP contribution in [-0.4, -0.2) is 35.8 Å². The first-order chi connectivity index (χ1) is 13.8. The van der Waals surface area contributed by atoms with Crippen LogP contribution in [0.25, 0.3) is 0 Å². The molecule has 1 saturated heterocycles. The highest BCUT2D eigenvalue weighted by molar-refractivity contribution is 5.95. The maximum Gasteiger partial charge on any atom is 0.316 e. The van der Waals surface area contributed by atoms with Crippen molar-refractivity contribution >= 4 is 23.5 Å². The molecule has 1 fully saturated rings. The van der Waals surface area contributed by atoms with Crippen molar-refractivity contribution in [3.63, 3.8) is 0 Å². The summed E-state index contributed by atoms with van der Waals surface area (Å²) in [6.45, 7) is 6.33. The number of likely N-dealkylation sites (tertiary alicyclic amines) is 1. The van der Waals surface area contributed by atoms with Gasteiger partial charge in [0.25, 0.3) is 5.91 Å². The van der Waals surface area contributed by atoms with Crippen molar-refractivity contribution in [3.8, 4) is 5.75 Å². The van der Waals surface area contributed by atoms with Crippen LogP contribution in [0.4, 0.5) is 5.69 Å². The van der Waals surface area contributed by atoms with Crippen LogP contribution in [0, 0.1) is 19.8 Å². The molecule has 3 rings (SSSR count). The summed E-state index contributed by atoms with van der Waals surface area (Å²) in [5, 5.41) is 2.66. The van der Waals surface area contributed by atoms with E-state index in [4.69, 9.17) is 4.74 Å². The number of carbonyl (C=O) groups excluding carboxylic acids is 3. The first-order valence-corrected chi connectivity index (χ1v) is 9.79. The van der Waals surface area contributed by atoms with Crippen molar-refractivity contribution < 1.29 is 19.1 Å². The lowest BCUT2D eigenvalue weighted by Crippen LogP contribution is -2.43. The monoisotopic (exact) mass is 394 g/mol. The number of aryl methyl sites for hydroxylation is 2. The Morgan fingerprint density at radius 2 is 1.79 bits per heavy atom. The quantitative estimate of drug-likeness (QED) is 0.633. The van der Waals surface area contributed by atoms with Crippen molar-refractivity contribution in [1.82, 2.24) is 4.90 Å². The van der Waals surface area contributed by atoms with Gasteiger partial charge in [-0.2, -0.15) is 0 Å². The molecule has 2 aromatic carbocycles. The van der Waals surface area contributed by atoms with E-state index in [1.54, 1.807) is 29.2 Å². The lowest BCUT2D eigenvalue weighted by molar-refractivity contribution is -0.140. The van der Waals surface area contributed by atoms with E-state index in [1.807, 2.05) is 32.0 Å². The summed E-state index contributed by atoms with van der Waals surface area (Å²) in [7, 11) is 0. The summed E-state index contributed by atoms with van der Waals surface area (Å²) in [5.74, 6) is -0.604. The lowest BCUT2D eigenvalue weighted by atomic mass is 9.97. The van der Waals surface area contributed by atoms with Crippen LogP contribution in [0.3, 0.4) is 0 Å². The number of nitrogens with one attached hydrogen (secondary N) is 1. The smallest absolute Gasteiger partial charge is 0.316 e. The molecule has 1 unspecified atom stereocenters. The zero-order chi connectivity index (χ0) is 21.0. The van der Waals surface area contributed by atoms with E-state index in [1.165, 1.54) is 6.92 Å². The average Bonchev–Trinajstić information content (AvgIpc) is 2.66. The second-order valence-corrected chi connectivity index (χ2v) is 7.60. The minimum absolute atomic E-state index is 0.0537. The molecule has 0 bridgehead atoms. The molecule has 0 aromatic heterocycles. The molecule has 2 aromatic rings. The standard InChI is InChI=1S/C23H26N2O4/c1-15-10-16(2)12-19(11-15)22(27)25-9-5-6-18(14-25)23(28)29-21-8-4-7-20(13-21)24-17(3)26/h4,7-8,10-13,18H,5-6,9,14H2,1-3H3,(H,24,26). The molecule has 1 atom stereocenters. The molecule has 1 aliphatic rings. The number of amides is 2.